The van der Waals surface area contributed by atoms with E-state index in [9.17, 15) is 4.79 Å². The van der Waals surface area contributed by atoms with Gasteiger partial charge in [0.15, 0.2) is 6.29 Å². The van der Waals surface area contributed by atoms with Gasteiger partial charge in [-0.3, -0.25) is 4.79 Å². The van der Waals surface area contributed by atoms with Crippen LogP contribution in [0, 0.1) is 0 Å². The first kappa shape index (κ1) is 18.9. The van der Waals surface area contributed by atoms with Crippen molar-refractivity contribution in [2.75, 3.05) is 14.2 Å². The molecule has 0 radical (unpaired) electrons. The van der Waals surface area contributed by atoms with Gasteiger partial charge in [-0.25, -0.2) is 0 Å². The minimum absolute atomic E-state index is 0.101. The molecule has 0 aliphatic rings. The summed E-state index contributed by atoms with van der Waals surface area (Å²) in [5, 5.41) is 1.00. The summed E-state index contributed by atoms with van der Waals surface area (Å²) in [5.41, 5.74) is 2.82. The van der Waals surface area contributed by atoms with E-state index < -0.39 is 6.29 Å². The fraction of sp³-hybridized carbons (Fsp3) is 0.316. The molecule has 2 aromatic rings. The summed E-state index contributed by atoms with van der Waals surface area (Å²) in [4.78, 5) is 12.1. The molecule has 0 spiro atoms. The summed E-state index contributed by atoms with van der Waals surface area (Å²) < 4.78 is 10.5. The van der Waals surface area contributed by atoms with Crippen molar-refractivity contribution in [2.24, 2.45) is 0 Å². The largest absolute Gasteiger partial charge is 0.352 e. The lowest BCUT2D eigenvalue weighted by molar-refractivity contribution is -0.118. The highest BCUT2D eigenvalue weighted by molar-refractivity contribution is 6.42. The molecule has 0 bridgehead atoms. The van der Waals surface area contributed by atoms with E-state index in [1.54, 1.807) is 33.3 Å². The molecule has 3 nitrogen and oxygen atoms in total. The van der Waals surface area contributed by atoms with Gasteiger partial charge < -0.3 is 9.47 Å². The molecule has 0 aliphatic carbocycles. The van der Waals surface area contributed by atoms with E-state index in [-0.39, 0.29) is 11.7 Å². The van der Waals surface area contributed by atoms with Gasteiger partial charge in [-0.2, -0.15) is 0 Å². The molecule has 128 valence electrons. The molecule has 0 N–H and O–H groups in total. The van der Waals surface area contributed by atoms with E-state index in [0.717, 1.165) is 16.7 Å². The molecule has 0 saturated heterocycles. The van der Waals surface area contributed by atoms with Crippen molar-refractivity contribution in [2.45, 2.75) is 25.6 Å². The van der Waals surface area contributed by atoms with Crippen LogP contribution in [0.15, 0.2) is 42.5 Å². The molecule has 24 heavy (non-hydrogen) atoms. The lowest BCUT2D eigenvalue weighted by atomic mass is 9.88. The average molecular weight is 367 g/mol. The molecule has 0 amide bonds. The standard InChI is InChI=1S/C19H20Cl2O3/c1-12(22)16(10-13-4-9-17(20)18(21)11-13)14-5-7-15(8-6-14)19(23-2)24-3/h4-9,11,16,19H,10H2,1-3H3. The van der Waals surface area contributed by atoms with E-state index >= 15 is 0 Å². The third-order valence-corrected chi connectivity index (χ3v) is 4.69. The minimum Gasteiger partial charge on any atom is -0.352 e. The van der Waals surface area contributed by atoms with Crippen LogP contribution in [0.4, 0.5) is 0 Å². The minimum atomic E-state index is -0.412. The van der Waals surface area contributed by atoms with Gasteiger partial charge in [-0.1, -0.05) is 53.5 Å². The van der Waals surface area contributed by atoms with Crippen LogP contribution in [-0.2, 0) is 20.7 Å². The zero-order chi connectivity index (χ0) is 17.7. The molecule has 0 saturated carbocycles. The fourth-order valence-corrected chi connectivity index (χ4v) is 2.97. The molecule has 0 fully saturated rings. The Hall–Kier alpha value is -1.39. The monoisotopic (exact) mass is 366 g/mol. The Balaban J connectivity index is 2.24. The van der Waals surface area contributed by atoms with Crippen LogP contribution >= 0.6 is 23.2 Å². The van der Waals surface area contributed by atoms with Crippen molar-refractivity contribution in [3.63, 3.8) is 0 Å². The van der Waals surface area contributed by atoms with Gasteiger partial charge in [0.05, 0.1) is 10.0 Å². The average Bonchev–Trinajstić information content (AvgIpc) is 2.57. The quantitative estimate of drug-likeness (QED) is 0.631. The van der Waals surface area contributed by atoms with Gasteiger partial charge in [-0.05, 0) is 36.6 Å². The van der Waals surface area contributed by atoms with Gasteiger partial charge in [0.2, 0.25) is 0 Å². The Morgan fingerprint density at radius 1 is 0.958 bits per heavy atom. The molecule has 5 heteroatoms. The van der Waals surface area contributed by atoms with Crippen LogP contribution in [0.25, 0.3) is 0 Å². The van der Waals surface area contributed by atoms with Crippen molar-refractivity contribution in [1.29, 1.82) is 0 Å². The number of hydrogen-bond donors (Lipinski definition) is 0. The summed E-state index contributed by atoms with van der Waals surface area (Å²) in [6, 6.07) is 13.1. The number of rotatable bonds is 7. The molecule has 2 rings (SSSR count). The lowest BCUT2D eigenvalue weighted by Gasteiger charge is -2.17. The first-order valence-electron chi connectivity index (χ1n) is 7.56. The van der Waals surface area contributed by atoms with E-state index in [1.165, 1.54) is 0 Å². The maximum atomic E-state index is 12.1. The van der Waals surface area contributed by atoms with Crippen molar-refractivity contribution < 1.29 is 14.3 Å². The van der Waals surface area contributed by atoms with Crippen LogP contribution in [0.3, 0.4) is 0 Å². The highest BCUT2D eigenvalue weighted by Crippen LogP contribution is 2.28. The second-order valence-electron chi connectivity index (χ2n) is 5.59. The number of methoxy groups -OCH3 is 2. The first-order valence-corrected chi connectivity index (χ1v) is 8.31. The number of benzene rings is 2. The Labute approximate surface area is 152 Å². The maximum absolute atomic E-state index is 12.1. The molecular weight excluding hydrogens is 347 g/mol. The van der Waals surface area contributed by atoms with Crippen LogP contribution in [0.5, 0.6) is 0 Å². The van der Waals surface area contributed by atoms with Crippen molar-refractivity contribution in [1.82, 2.24) is 0 Å². The second kappa shape index (κ2) is 8.63. The van der Waals surface area contributed by atoms with Gasteiger partial charge in [0.1, 0.15) is 5.78 Å². The Bertz CT molecular complexity index is 694. The number of halogens is 2. The number of hydrogen-bond acceptors (Lipinski definition) is 3. The van der Waals surface area contributed by atoms with Crippen molar-refractivity contribution in [3.05, 3.63) is 69.2 Å². The lowest BCUT2D eigenvalue weighted by Crippen LogP contribution is -2.12. The predicted molar refractivity (Wildman–Crippen MR) is 96.8 cm³/mol. The summed E-state index contributed by atoms with van der Waals surface area (Å²) in [6.45, 7) is 1.60. The Kier molecular flexibility index (Phi) is 6.81. The highest BCUT2D eigenvalue weighted by atomic mass is 35.5. The van der Waals surface area contributed by atoms with Gasteiger partial charge >= 0.3 is 0 Å². The topological polar surface area (TPSA) is 35.5 Å². The summed E-state index contributed by atoms with van der Waals surface area (Å²) in [7, 11) is 3.18. The molecule has 0 aliphatic heterocycles. The number of ether oxygens (including phenoxy) is 2. The van der Waals surface area contributed by atoms with E-state index in [4.69, 9.17) is 32.7 Å². The predicted octanol–water partition coefficient (Wildman–Crippen LogP) is 5.20. The number of Topliss-reactive ketones (excluding diaryl/α,β-unsaturated/α-hetero) is 1. The van der Waals surface area contributed by atoms with E-state index in [2.05, 4.69) is 0 Å². The maximum Gasteiger partial charge on any atom is 0.183 e. The van der Waals surface area contributed by atoms with Crippen LogP contribution in [0.2, 0.25) is 10.0 Å². The summed E-state index contributed by atoms with van der Waals surface area (Å²) in [5.74, 6) is -0.135. The molecular formula is C19H20Cl2O3. The third kappa shape index (κ3) is 4.58. The molecule has 1 atom stereocenters. The zero-order valence-electron chi connectivity index (χ0n) is 13.9. The normalized spacial score (nSPS) is 12.4. The van der Waals surface area contributed by atoms with Gasteiger partial charge in [-0.15, -0.1) is 0 Å². The zero-order valence-corrected chi connectivity index (χ0v) is 15.4. The Morgan fingerprint density at radius 3 is 2.04 bits per heavy atom. The molecule has 0 heterocycles. The number of carbonyl (C=O) groups is 1. The highest BCUT2D eigenvalue weighted by Gasteiger charge is 2.19. The first-order chi connectivity index (χ1) is 11.5. The van der Waals surface area contributed by atoms with Gasteiger partial charge in [0, 0.05) is 25.7 Å². The van der Waals surface area contributed by atoms with Gasteiger partial charge in [0.25, 0.3) is 0 Å². The van der Waals surface area contributed by atoms with Crippen LogP contribution in [-0.4, -0.2) is 20.0 Å². The smallest absolute Gasteiger partial charge is 0.183 e. The fourth-order valence-electron chi connectivity index (χ4n) is 2.65. The van der Waals surface area contributed by atoms with Crippen molar-refractivity contribution >= 4 is 29.0 Å². The van der Waals surface area contributed by atoms with Crippen molar-refractivity contribution in [3.8, 4) is 0 Å². The van der Waals surface area contributed by atoms with E-state index in [0.29, 0.717) is 16.5 Å². The second-order valence-corrected chi connectivity index (χ2v) is 6.40. The summed E-state index contributed by atoms with van der Waals surface area (Å²) >= 11 is 12.0. The number of carbonyl (C=O) groups excluding carboxylic acids is 1. The molecule has 2 aromatic carbocycles. The SMILES string of the molecule is COC(OC)c1ccc(C(Cc2ccc(Cl)c(Cl)c2)C(C)=O)cc1. The summed E-state index contributed by atoms with van der Waals surface area (Å²) in [6.07, 6.45) is 0.161. The number of ketones is 1. The van der Waals surface area contributed by atoms with Crippen LogP contribution in [0.1, 0.15) is 35.8 Å². The van der Waals surface area contributed by atoms with Crippen LogP contribution < -0.4 is 0 Å². The molecule has 1 unspecified atom stereocenters. The molecule has 0 aromatic heterocycles. The Morgan fingerprint density at radius 2 is 1.54 bits per heavy atom. The van der Waals surface area contributed by atoms with E-state index in [1.807, 2.05) is 30.3 Å². The third-order valence-electron chi connectivity index (χ3n) is 3.95.